The molecule has 2 aromatic carbocycles. The number of nitrogens with one attached hydrogen (secondary N) is 1. The zero-order valence-electron chi connectivity index (χ0n) is 20.8. The summed E-state index contributed by atoms with van der Waals surface area (Å²) in [5.74, 6) is -2.83. The van der Waals surface area contributed by atoms with E-state index in [-0.39, 0.29) is 5.91 Å². The molecule has 1 aliphatic heterocycles. The summed E-state index contributed by atoms with van der Waals surface area (Å²) in [6, 6.07) is 17.8. The largest absolute Gasteiger partial charge is 0.490 e. The zero-order chi connectivity index (χ0) is 27.8. The lowest BCUT2D eigenvalue weighted by Gasteiger charge is -2.26. The smallest absolute Gasteiger partial charge is 0.475 e. The van der Waals surface area contributed by atoms with Crippen LogP contribution in [0.4, 0.5) is 13.2 Å². The fourth-order valence-electron chi connectivity index (χ4n) is 3.98. The topological polar surface area (TPSA) is 110 Å². The highest BCUT2D eigenvalue weighted by Gasteiger charge is 2.38. The lowest BCUT2D eigenvalue weighted by molar-refractivity contribution is -0.192. The SMILES string of the molecule is O=C(NCCN1CCOCC1)c1cccc(-n2ncc3ccc(-c4ccncc4)cc32)c1.O=C(O)C(F)(F)F. The van der Waals surface area contributed by atoms with Gasteiger partial charge in [0, 0.05) is 49.5 Å². The number of benzene rings is 2. The van der Waals surface area contributed by atoms with Gasteiger partial charge in [0.15, 0.2) is 0 Å². The van der Waals surface area contributed by atoms with Crippen LogP contribution in [-0.2, 0) is 9.53 Å². The average molecular weight is 542 g/mol. The molecule has 5 rings (SSSR count). The maximum Gasteiger partial charge on any atom is 0.490 e. The van der Waals surface area contributed by atoms with E-state index in [1.165, 1.54) is 0 Å². The zero-order valence-corrected chi connectivity index (χ0v) is 20.8. The number of carboxylic acids is 1. The molecular formula is C27H26F3N5O4. The van der Waals surface area contributed by atoms with E-state index in [0.29, 0.717) is 12.1 Å². The summed E-state index contributed by atoms with van der Waals surface area (Å²) >= 11 is 0. The van der Waals surface area contributed by atoms with Crippen LogP contribution in [0.3, 0.4) is 0 Å². The Labute approximate surface area is 221 Å². The van der Waals surface area contributed by atoms with Crippen LogP contribution in [0.2, 0.25) is 0 Å². The van der Waals surface area contributed by atoms with E-state index in [1.807, 2.05) is 47.3 Å². The van der Waals surface area contributed by atoms with Crippen LogP contribution in [0, 0.1) is 0 Å². The molecule has 1 aliphatic rings. The second kappa shape index (κ2) is 12.5. The van der Waals surface area contributed by atoms with Crippen molar-refractivity contribution in [1.29, 1.82) is 0 Å². The summed E-state index contributed by atoms with van der Waals surface area (Å²) in [6.45, 7) is 4.80. The first-order valence-corrected chi connectivity index (χ1v) is 12.1. The van der Waals surface area contributed by atoms with E-state index in [9.17, 15) is 18.0 Å². The normalized spacial score (nSPS) is 13.9. The van der Waals surface area contributed by atoms with Crippen LogP contribution in [-0.4, -0.2) is 82.2 Å². The molecule has 0 saturated carbocycles. The molecule has 0 aliphatic carbocycles. The number of carbonyl (C=O) groups is 2. The second-order valence-electron chi connectivity index (χ2n) is 8.63. The van der Waals surface area contributed by atoms with Gasteiger partial charge in [-0.1, -0.05) is 18.2 Å². The number of hydrogen-bond acceptors (Lipinski definition) is 6. The van der Waals surface area contributed by atoms with Gasteiger partial charge in [0.2, 0.25) is 0 Å². The summed E-state index contributed by atoms with van der Waals surface area (Å²) in [7, 11) is 0. The fourth-order valence-corrected chi connectivity index (χ4v) is 3.98. The Kier molecular flexibility index (Phi) is 8.89. The number of aromatic nitrogens is 3. The third-order valence-electron chi connectivity index (χ3n) is 6.00. The number of morpholine rings is 1. The van der Waals surface area contributed by atoms with E-state index in [2.05, 4.69) is 38.5 Å². The second-order valence-corrected chi connectivity index (χ2v) is 8.63. The van der Waals surface area contributed by atoms with Gasteiger partial charge in [-0.2, -0.15) is 18.3 Å². The lowest BCUT2D eigenvalue weighted by atomic mass is 10.1. The predicted octanol–water partition coefficient (Wildman–Crippen LogP) is 3.78. The van der Waals surface area contributed by atoms with Gasteiger partial charge < -0.3 is 15.2 Å². The number of alkyl halides is 3. The predicted molar refractivity (Wildman–Crippen MR) is 138 cm³/mol. The van der Waals surface area contributed by atoms with Crippen molar-refractivity contribution in [2.75, 3.05) is 39.4 Å². The van der Waals surface area contributed by atoms with Crippen molar-refractivity contribution in [2.24, 2.45) is 0 Å². The fraction of sp³-hybridized carbons (Fsp3) is 0.259. The minimum Gasteiger partial charge on any atom is -0.475 e. The van der Waals surface area contributed by atoms with Crippen LogP contribution in [0.15, 0.2) is 73.2 Å². The number of ether oxygens (including phenoxy) is 1. The van der Waals surface area contributed by atoms with Gasteiger partial charge in [0.25, 0.3) is 5.91 Å². The van der Waals surface area contributed by atoms with E-state index in [1.54, 1.807) is 12.4 Å². The number of nitrogens with zero attached hydrogens (tertiary/aromatic N) is 4. The molecule has 1 saturated heterocycles. The van der Waals surface area contributed by atoms with Crippen molar-refractivity contribution in [3.05, 3.63) is 78.8 Å². The Morgan fingerprint density at radius 1 is 1.00 bits per heavy atom. The van der Waals surface area contributed by atoms with Crippen molar-refractivity contribution in [3.8, 4) is 16.8 Å². The van der Waals surface area contributed by atoms with E-state index in [4.69, 9.17) is 14.6 Å². The molecular weight excluding hydrogens is 515 g/mol. The highest BCUT2D eigenvalue weighted by molar-refractivity contribution is 5.95. The van der Waals surface area contributed by atoms with Gasteiger partial charge in [0.1, 0.15) is 0 Å². The molecule has 2 N–H and O–H groups in total. The van der Waals surface area contributed by atoms with Crippen LogP contribution >= 0.6 is 0 Å². The minimum absolute atomic E-state index is 0.0750. The number of halogens is 3. The van der Waals surface area contributed by atoms with E-state index >= 15 is 0 Å². The summed E-state index contributed by atoms with van der Waals surface area (Å²) in [5, 5.41) is 15.8. The van der Waals surface area contributed by atoms with Crippen molar-refractivity contribution in [3.63, 3.8) is 0 Å². The molecule has 0 spiro atoms. The number of hydrogen-bond donors (Lipinski definition) is 2. The van der Waals surface area contributed by atoms with Crippen LogP contribution < -0.4 is 5.32 Å². The first-order chi connectivity index (χ1) is 18.7. The van der Waals surface area contributed by atoms with Crippen LogP contribution in [0.5, 0.6) is 0 Å². The first-order valence-electron chi connectivity index (χ1n) is 12.1. The maximum atomic E-state index is 12.7. The molecule has 2 aromatic heterocycles. The number of amides is 1. The van der Waals surface area contributed by atoms with Gasteiger partial charge in [-0.3, -0.25) is 14.7 Å². The number of carbonyl (C=O) groups excluding carboxylic acids is 1. The first kappa shape index (κ1) is 27.7. The molecule has 9 nitrogen and oxygen atoms in total. The molecule has 0 bridgehead atoms. The Morgan fingerprint density at radius 3 is 2.41 bits per heavy atom. The number of carboxylic acid groups (broad SMARTS) is 1. The summed E-state index contributed by atoms with van der Waals surface area (Å²) in [5.41, 5.74) is 4.66. The molecule has 0 radical (unpaired) electrons. The molecule has 39 heavy (non-hydrogen) atoms. The van der Waals surface area contributed by atoms with Gasteiger partial charge in [-0.15, -0.1) is 0 Å². The van der Waals surface area contributed by atoms with Crippen LogP contribution in [0.25, 0.3) is 27.7 Å². The van der Waals surface area contributed by atoms with Crippen molar-refractivity contribution < 1.29 is 32.6 Å². The third kappa shape index (κ3) is 7.39. The quantitative estimate of drug-likeness (QED) is 0.382. The maximum absolute atomic E-state index is 12.7. The Balaban J connectivity index is 0.000000448. The van der Waals surface area contributed by atoms with Crippen molar-refractivity contribution in [1.82, 2.24) is 25.0 Å². The molecule has 0 unspecified atom stereocenters. The number of rotatable bonds is 6. The van der Waals surface area contributed by atoms with Gasteiger partial charge in [0.05, 0.1) is 30.6 Å². The highest BCUT2D eigenvalue weighted by atomic mass is 19.4. The number of pyridine rings is 1. The summed E-state index contributed by atoms with van der Waals surface area (Å²) in [6.07, 6.45) is 0.344. The Hall–Kier alpha value is -4.29. The standard InChI is InChI=1S/C25H25N5O2.C2HF3O2/c31-25(27-10-11-29-12-14-32-15-13-29)21-2-1-3-23(16-21)30-24-17-20(4-5-22(24)18-28-30)19-6-8-26-9-7-19;3-2(4,5)1(6)7/h1-9,16-18H,10-15H2,(H,27,31);(H,6,7). The monoisotopic (exact) mass is 541 g/mol. The minimum atomic E-state index is -5.08. The Morgan fingerprint density at radius 2 is 1.72 bits per heavy atom. The summed E-state index contributed by atoms with van der Waals surface area (Å²) in [4.78, 5) is 28.0. The molecule has 1 fully saturated rings. The molecule has 1 amide bonds. The Bertz CT molecular complexity index is 1420. The summed E-state index contributed by atoms with van der Waals surface area (Å²) < 4.78 is 39.0. The van der Waals surface area contributed by atoms with E-state index < -0.39 is 12.1 Å². The number of aliphatic carboxylic acids is 1. The molecule has 0 atom stereocenters. The van der Waals surface area contributed by atoms with Crippen molar-refractivity contribution >= 4 is 22.8 Å². The molecule has 12 heteroatoms. The van der Waals surface area contributed by atoms with Gasteiger partial charge >= 0.3 is 12.1 Å². The average Bonchev–Trinajstić information content (AvgIpc) is 3.37. The lowest BCUT2D eigenvalue weighted by Crippen LogP contribution is -2.41. The molecule has 204 valence electrons. The third-order valence-corrected chi connectivity index (χ3v) is 6.00. The molecule has 3 heterocycles. The van der Waals surface area contributed by atoms with Gasteiger partial charge in [-0.25, -0.2) is 9.48 Å². The highest BCUT2D eigenvalue weighted by Crippen LogP contribution is 2.26. The van der Waals surface area contributed by atoms with E-state index in [0.717, 1.165) is 60.6 Å². The van der Waals surface area contributed by atoms with Gasteiger partial charge in [-0.05, 0) is 47.5 Å². The number of fused-ring (bicyclic) bond motifs is 1. The van der Waals surface area contributed by atoms with Crippen LogP contribution in [0.1, 0.15) is 10.4 Å². The molecule has 4 aromatic rings. The van der Waals surface area contributed by atoms with Crippen molar-refractivity contribution in [2.45, 2.75) is 6.18 Å².